The number of hydrogen-bond donors (Lipinski definition) is 0. The molecule has 2 aromatic carbocycles. The number of para-hydroxylation sites is 1. The molecule has 0 spiro atoms. The van der Waals surface area contributed by atoms with Crippen LogP contribution in [0.5, 0.6) is 0 Å². The number of nitrogens with zero attached hydrogens (tertiary/aromatic N) is 1. The molecule has 1 aromatic heterocycles. The van der Waals surface area contributed by atoms with Crippen LogP contribution in [-0.2, 0) is 11.2 Å². The zero-order valence-corrected chi connectivity index (χ0v) is 12.4. The molecule has 0 radical (unpaired) electrons. The Hall–Kier alpha value is -2.13. The van der Waals surface area contributed by atoms with Gasteiger partial charge in [0.15, 0.2) is 5.78 Å². The highest BCUT2D eigenvalue weighted by Gasteiger charge is 2.13. The average molecular weight is 300 g/mol. The van der Waals surface area contributed by atoms with Crippen LogP contribution in [0.4, 0.5) is 0 Å². The molecule has 1 heterocycles. The summed E-state index contributed by atoms with van der Waals surface area (Å²) in [5, 5.41) is 2.00. The fraction of sp³-hybridized carbons (Fsp3) is 0.176. The van der Waals surface area contributed by atoms with Crippen LogP contribution in [0.3, 0.4) is 0 Å². The number of Topliss-reactive ketones (excluding diaryl/α,β-unsaturated/α-hetero) is 1. The van der Waals surface area contributed by atoms with Gasteiger partial charge in [0.25, 0.3) is 0 Å². The van der Waals surface area contributed by atoms with Crippen LogP contribution in [-0.4, -0.2) is 22.1 Å². The number of fused-ring (bicyclic) bond motifs is 3. The van der Waals surface area contributed by atoms with E-state index in [-0.39, 0.29) is 17.6 Å². The molecular weight excluding hydrogens is 286 g/mol. The highest BCUT2D eigenvalue weighted by Crippen LogP contribution is 2.29. The van der Waals surface area contributed by atoms with Gasteiger partial charge in [-0.1, -0.05) is 24.3 Å². The molecule has 4 heteroatoms. The molecule has 3 rings (SSSR count). The van der Waals surface area contributed by atoms with Crippen LogP contribution in [0, 0.1) is 0 Å². The third kappa shape index (κ3) is 2.34. The Balaban J connectivity index is 2.28. The quantitative estimate of drug-likeness (QED) is 0.690. The lowest BCUT2D eigenvalue weighted by Gasteiger charge is -2.02. The van der Waals surface area contributed by atoms with E-state index in [0.717, 1.165) is 27.4 Å². The van der Waals surface area contributed by atoms with Gasteiger partial charge in [0.2, 0.25) is 5.91 Å². The number of aromatic nitrogens is 1. The molecule has 0 saturated carbocycles. The normalized spacial score (nSPS) is 11.1. The van der Waals surface area contributed by atoms with Gasteiger partial charge in [-0.2, -0.15) is 0 Å². The summed E-state index contributed by atoms with van der Waals surface area (Å²) < 4.78 is 1.71. The van der Waals surface area contributed by atoms with Crippen molar-refractivity contribution in [2.75, 3.05) is 5.88 Å². The van der Waals surface area contributed by atoms with Gasteiger partial charge in [0.05, 0.1) is 16.9 Å². The summed E-state index contributed by atoms with van der Waals surface area (Å²) >= 11 is 5.56. The molecule has 3 nitrogen and oxygen atoms in total. The van der Waals surface area contributed by atoms with E-state index in [1.54, 1.807) is 11.5 Å². The summed E-state index contributed by atoms with van der Waals surface area (Å²) in [6.45, 7) is 1.55. The first-order valence-corrected chi connectivity index (χ1v) is 7.26. The van der Waals surface area contributed by atoms with Gasteiger partial charge in [-0.15, -0.1) is 11.6 Å². The maximum absolute atomic E-state index is 11.9. The largest absolute Gasteiger partial charge is 0.298 e. The molecule has 0 aliphatic heterocycles. The number of benzene rings is 2. The zero-order chi connectivity index (χ0) is 15.0. The first-order valence-electron chi connectivity index (χ1n) is 6.72. The molecule has 0 amide bonds. The zero-order valence-electron chi connectivity index (χ0n) is 11.6. The van der Waals surface area contributed by atoms with Crippen molar-refractivity contribution in [1.82, 2.24) is 4.57 Å². The van der Waals surface area contributed by atoms with E-state index in [1.807, 2.05) is 42.5 Å². The molecule has 0 atom stereocenters. The van der Waals surface area contributed by atoms with Gasteiger partial charge >= 0.3 is 0 Å². The van der Waals surface area contributed by atoms with Crippen molar-refractivity contribution in [1.29, 1.82) is 0 Å². The van der Waals surface area contributed by atoms with Crippen molar-refractivity contribution >= 4 is 45.1 Å². The van der Waals surface area contributed by atoms with Crippen LogP contribution in [0.1, 0.15) is 17.3 Å². The van der Waals surface area contributed by atoms with E-state index in [2.05, 4.69) is 0 Å². The Kier molecular flexibility index (Phi) is 3.52. The van der Waals surface area contributed by atoms with Gasteiger partial charge in [0.1, 0.15) is 0 Å². The third-order valence-electron chi connectivity index (χ3n) is 3.60. The summed E-state index contributed by atoms with van der Waals surface area (Å²) in [6, 6.07) is 13.5. The van der Waals surface area contributed by atoms with E-state index in [9.17, 15) is 9.59 Å². The standard InChI is InChI=1S/C17H14ClNO2/c1-11(20)19-16-5-3-2-4-14(16)15-9-12(6-7-17(15)19)8-13(21)10-18/h2-7,9H,8,10H2,1H3. The smallest absolute Gasteiger partial charge is 0.228 e. The van der Waals surface area contributed by atoms with Crippen molar-refractivity contribution in [3.8, 4) is 0 Å². The number of halogens is 1. The fourth-order valence-corrected chi connectivity index (χ4v) is 2.84. The van der Waals surface area contributed by atoms with Crippen LogP contribution < -0.4 is 0 Å². The SMILES string of the molecule is CC(=O)n1c2ccccc2c2cc(CC(=O)CCl)ccc21. The molecule has 3 aromatic rings. The van der Waals surface area contributed by atoms with Gasteiger partial charge in [-0.25, -0.2) is 0 Å². The van der Waals surface area contributed by atoms with Crippen molar-refractivity contribution in [3.05, 3.63) is 48.0 Å². The van der Waals surface area contributed by atoms with Gasteiger partial charge < -0.3 is 0 Å². The Bertz CT molecular complexity index is 864. The second kappa shape index (κ2) is 5.34. The predicted molar refractivity (Wildman–Crippen MR) is 85.2 cm³/mol. The lowest BCUT2D eigenvalue weighted by atomic mass is 10.1. The molecule has 21 heavy (non-hydrogen) atoms. The summed E-state index contributed by atoms with van der Waals surface area (Å²) in [6.07, 6.45) is 0.318. The molecule has 0 bridgehead atoms. The molecule has 0 saturated heterocycles. The van der Waals surface area contributed by atoms with E-state index >= 15 is 0 Å². The molecule has 106 valence electrons. The first-order chi connectivity index (χ1) is 10.1. The Morgan fingerprint density at radius 3 is 2.48 bits per heavy atom. The van der Waals surface area contributed by atoms with Crippen LogP contribution >= 0.6 is 11.6 Å². The van der Waals surface area contributed by atoms with E-state index < -0.39 is 0 Å². The van der Waals surface area contributed by atoms with Crippen LogP contribution in [0.25, 0.3) is 21.8 Å². The molecule has 0 unspecified atom stereocenters. The second-order valence-corrected chi connectivity index (χ2v) is 5.34. The topological polar surface area (TPSA) is 39.1 Å². The van der Waals surface area contributed by atoms with Gasteiger partial charge in [-0.3, -0.25) is 14.2 Å². The number of ketones is 1. The minimum absolute atomic E-state index is 0.00803. The number of hydrogen-bond acceptors (Lipinski definition) is 2. The lowest BCUT2D eigenvalue weighted by molar-refractivity contribution is -0.116. The maximum Gasteiger partial charge on any atom is 0.228 e. The predicted octanol–water partition coefficient (Wildman–Crippen LogP) is 3.81. The number of carbonyl (C=O) groups is 2. The summed E-state index contributed by atoms with van der Waals surface area (Å²) in [4.78, 5) is 23.4. The monoisotopic (exact) mass is 299 g/mol. The summed E-state index contributed by atoms with van der Waals surface area (Å²) in [5.74, 6) is -0.00938. The fourth-order valence-electron chi connectivity index (χ4n) is 2.74. The van der Waals surface area contributed by atoms with Crippen LogP contribution in [0.15, 0.2) is 42.5 Å². The molecule has 0 fully saturated rings. The Morgan fingerprint density at radius 2 is 1.76 bits per heavy atom. The first kappa shape index (κ1) is 13.8. The molecular formula is C17H14ClNO2. The van der Waals surface area contributed by atoms with E-state index in [4.69, 9.17) is 11.6 Å². The highest BCUT2D eigenvalue weighted by atomic mass is 35.5. The molecule has 0 aliphatic rings. The Morgan fingerprint density at radius 1 is 1.05 bits per heavy atom. The van der Waals surface area contributed by atoms with Crippen molar-refractivity contribution in [2.24, 2.45) is 0 Å². The van der Waals surface area contributed by atoms with Crippen molar-refractivity contribution in [2.45, 2.75) is 13.3 Å². The van der Waals surface area contributed by atoms with Gasteiger partial charge in [0, 0.05) is 24.1 Å². The second-order valence-electron chi connectivity index (χ2n) is 5.07. The van der Waals surface area contributed by atoms with E-state index in [0.29, 0.717) is 6.42 Å². The lowest BCUT2D eigenvalue weighted by Crippen LogP contribution is -2.05. The van der Waals surface area contributed by atoms with Crippen molar-refractivity contribution in [3.63, 3.8) is 0 Å². The maximum atomic E-state index is 11.9. The molecule has 0 N–H and O–H groups in total. The van der Waals surface area contributed by atoms with E-state index in [1.165, 1.54) is 0 Å². The highest BCUT2D eigenvalue weighted by molar-refractivity contribution is 6.27. The average Bonchev–Trinajstić information content (AvgIpc) is 2.81. The summed E-state index contributed by atoms with van der Waals surface area (Å²) in [5.41, 5.74) is 2.67. The van der Waals surface area contributed by atoms with Crippen LogP contribution in [0.2, 0.25) is 0 Å². The number of carbonyl (C=O) groups excluding carboxylic acids is 2. The Labute approximate surface area is 127 Å². The third-order valence-corrected chi connectivity index (χ3v) is 3.90. The molecule has 0 aliphatic carbocycles. The van der Waals surface area contributed by atoms with Gasteiger partial charge in [-0.05, 0) is 23.8 Å². The van der Waals surface area contributed by atoms with Crippen molar-refractivity contribution < 1.29 is 9.59 Å². The minimum atomic E-state index is -0.0224. The minimum Gasteiger partial charge on any atom is -0.298 e. The number of alkyl halides is 1. The number of rotatable bonds is 3. The summed E-state index contributed by atoms with van der Waals surface area (Å²) in [7, 11) is 0.